The van der Waals surface area contributed by atoms with E-state index < -0.39 is 0 Å². The van der Waals surface area contributed by atoms with Crippen LogP contribution in [-0.4, -0.2) is 20.8 Å². The van der Waals surface area contributed by atoms with Gasteiger partial charge in [-0.1, -0.05) is 18.5 Å². The van der Waals surface area contributed by atoms with Crippen LogP contribution >= 0.6 is 11.6 Å². The third-order valence-electron chi connectivity index (χ3n) is 3.00. The number of hydrogen-bond donors (Lipinski definition) is 0. The first kappa shape index (κ1) is 13.0. The third kappa shape index (κ3) is 1.81. The van der Waals surface area contributed by atoms with E-state index in [9.17, 15) is 4.79 Å². The molecule has 2 heterocycles. The molecule has 2 aromatic heterocycles. The van der Waals surface area contributed by atoms with Gasteiger partial charge in [0.15, 0.2) is 6.29 Å². The Morgan fingerprint density at radius 3 is 2.56 bits per heavy atom. The second-order valence-corrected chi connectivity index (χ2v) is 4.92. The molecule has 0 fully saturated rings. The zero-order valence-corrected chi connectivity index (χ0v) is 11.7. The number of fused-ring (bicyclic) bond motifs is 1. The van der Waals surface area contributed by atoms with Crippen LogP contribution in [-0.2, 0) is 6.42 Å². The molecule has 0 spiro atoms. The number of carbonyl (C=O) groups excluding carboxylic acids is 1. The summed E-state index contributed by atoms with van der Waals surface area (Å²) in [6.07, 6.45) is 1.54. The summed E-state index contributed by atoms with van der Waals surface area (Å²) in [4.78, 5) is 20.1. The van der Waals surface area contributed by atoms with Crippen LogP contribution in [0.25, 0.3) is 11.0 Å². The Morgan fingerprint density at radius 1 is 1.39 bits per heavy atom. The van der Waals surface area contributed by atoms with E-state index in [1.165, 1.54) is 0 Å². The molecule has 2 aromatic rings. The maximum atomic E-state index is 11.2. The summed E-state index contributed by atoms with van der Waals surface area (Å²) in [6, 6.07) is 0.146. The predicted molar refractivity (Wildman–Crippen MR) is 72.4 cm³/mol. The molecule has 0 aliphatic heterocycles. The van der Waals surface area contributed by atoms with Gasteiger partial charge in [-0.15, -0.1) is 0 Å². The molecule has 0 saturated carbocycles. The first-order valence-corrected chi connectivity index (χ1v) is 6.41. The average molecular weight is 266 g/mol. The second-order valence-electron chi connectivity index (χ2n) is 4.56. The summed E-state index contributed by atoms with van der Waals surface area (Å²) >= 11 is 6.28. The van der Waals surface area contributed by atoms with Gasteiger partial charge in [0.25, 0.3) is 0 Å². The summed E-state index contributed by atoms with van der Waals surface area (Å²) in [6.45, 7) is 7.93. The Morgan fingerprint density at radius 2 is 2.06 bits per heavy atom. The van der Waals surface area contributed by atoms with E-state index in [1.807, 2.05) is 32.3 Å². The van der Waals surface area contributed by atoms with Gasteiger partial charge in [-0.3, -0.25) is 4.79 Å². The van der Waals surface area contributed by atoms with Crippen LogP contribution in [0.4, 0.5) is 0 Å². The van der Waals surface area contributed by atoms with Gasteiger partial charge in [0.05, 0.1) is 16.6 Å². The quantitative estimate of drug-likeness (QED) is 0.800. The van der Waals surface area contributed by atoms with E-state index in [2.05, 4.69) is 9.97 Å². The molecule has 0 unspecified atom stereocenters. The fourth-order valence-corrected chi connectivity index (χ4v) is 2.58. The molecule has 0 aliphatic rings. The van der Waals surface area contributed by atoms with E-state index >= 15 is 0 Å². The summed E-state index contributed by atoms with van der Waals surface area (Å²) in [5.41, 5.74) is 2.04. The standard InChI is InChI=1S/C13H16ClN3O/c1-5-10-15-8(4)11-9(6-18)12(14)17(7(2)3)13(11)16-10/h6-7H,5H2,1-4H3. The van der Waals surface area contributed by atoms with Crippen LogP contribution in [0.15, 0.2) is 0 Å². The van der Waals surface area contributed by atoms with Gasteiger partial charge in [-0.05, 0) is 20.8 Å². The molecular weight excluding hydrogens is 250 g/mol. The number of carbonyl (C=O) groups is 1. The summed E-state index contributed by atoms with van der Waals surface area (Å²) in [5.74, 6) is 0.772. The van der Waals surface area contributed by atoms with Crippen LogP contribution in [0.1, 0.15) is 48.7 Å². The fraction of sp³-hybridized carbons (Fsp3) is 0.462. The van der Waals surface area contributed by atoms with Crippen molar-refractivity contribution in [1.82, 2.24) is 14.5 Å². The monoisotopic (exact) mass is 265 g/mol. The predicted octanol–water partition coefficient (Wildman–Crippen LogP) is 3.35. The van der Waals surface area contributed by atoms with Crippen molar-refractivity contribution in [3.63, 3.8) is 0 Å². The van der Waals surface area contributed by atoms with Crippen molar-refractivity contribution in [3.8, 4) is 0 Å². The first-order valence-electron chi connectivity index (χ1n) is 6.03. The molecule has 5 heteroatoms. The number of hydrogen-bond acceptors (Lipinski definition) is 3. The van der Waals surface area contributed by atoms with Crippen LogP contribution in [0, 0.1) is 6.92 Å². The Labute approximate surface area is 111 Å². The highest BCUT2D eigenvalue weighted by Gasteiger charge is 2.21. The summed E-state index contributed by atoms with van der Waals surface area (Å²) in [5, 5.41) is 1.21. The summed E-state index contributed by atoms with van der Waals surface area (Å²) in [7, 11) is 0. The topological polar surface area (TPSA) is 47.8 Å². The molecule has 0 aromatic carbocycles. The Hall–Kier alpha value is -1.42. The highest BCUT2D eigenvalue weighted by atomic mass is 35.5. The van der Waals surface area contributed by atoms with Crippen molar-refractivity contribution in [2.45, 2.75) is 40.2 Å². The maximum Gasteiger partial charge on any atom is 0.153 e. The van der Waals surface area contributed by atoms with E-state index in [1.54, 1.807) is 0 Å². The van der Waals surface area contributed by atoms with E-state index in [0.717, 1.165) is 35.3 Å². The van der Waals surface area contributed by atoms with Crippen LogP contribution < -0.4 is 0 Å². The van der Waals surface area contributed by atoms with Crippen molar-refractivity contribution in [2.75, 3.05) is 0 Å². The average Bonchev–Trinajstić information content (AvgIpc) is 2.61. The van der Waals surface area contributed by atoms with Gasteiger partial charge in [-0.25, -0.2) is 9.97 Å². The molecule has 2 rings (SSSR count). The molecule has 0 saturated heterocycles. The highest BCUT2D eigenvalue weighted by Crippen LogP contribution is 2.32. The molecule has 0 radical (unpaired) electrons. The van der Waals surface area contributed by atoms with Crippen molar-refractivity contribution < 1.29 is 4.79 Å². The lowest BCUT2D eigenvalue weighted by atomic mass is 10.2. The lowest BCUT2D eigenvalue weighted by molar-refractivity contribution is 0.112. The first-order chi connectivity index (χ1) is 8.51. The lowest BCUT2D eigenvalue weighted by Crippen LogP contribution is -2.04. The number of aryl methyl sites for hydroxylation is 2. The normalized spacial score (nSPS) is 11.4. The number of halogens is 1. The highest BCUT2D eigenvalue weighted by molar-refractivity contribution is 6.34. The second kappa shape index (κ2) is 4.69. The van der Waals surface area contributed by atoms with Crippen LogP contribution in [0.2, 0.25) is 5.15 Å². The van der Waals surface area contributed by atoms with Gasteiger partial charge in [0, 0.05) is 12.5 Å². The molecule has 0 atom stereocenters. The van der Waals surface area contributed by atoms with Gasteiger partial charge < -0.3 is 4.57 Å². The Balaban J connectivity index is 2.95. The van der Waals surface area contributed by atoms with Gasteiger partial charge in [0.1, 0.15) is 16.6 Å². The lowest BCUT2D eigenvalue weighted by Gasteiger charge is -2.10. The SMILES string of the molecule is CCc1nc(C)c2c(C=O)c(Cl)n(C(C)C)c2n1. The minimum absolute atomic E-state index is 0.146. The molecule has 0 bridgehead atoms. The van der Waals surface area contributed by atoms with Crippen LogP contribution in [0.5, 0.6) is 0 Å². The molecule has 0 amide bonds. The third-order valence-corrected chi connectivity index (χ3v) is 3.38. The summed E-state index contributed by atoms with van der Waals surface area (Å²) < 4.78 is 1.88. The molecule has 0 aliphatic carbocycles. The van der Waals surface area contributed by atoms with Gasteiger partial charge >= 0.3 is 0 Å². The molecule has 0 N–H and O–H groups in total. The van der Waals surface area contributed by atoms with E-state index in [0.29, 0.717) is 10.7 Å². The Kier molecular flexibility index (Phi) is 3.39. The minimum atomic E-state index is 0.146. The fourth-order valence-electron chi connectivity index (χ4n) is 2.17. The van der Waals surface area contributed by atoms with E-state index in [4.69, 9.17) is 11.6 Å². The van der Waals surface area contributed by atoms with Crippen molar-refractivity contribution in [2.24, 2.45) is 0 Å². The largest absolute Gasteiger partial charge is 0.313 e. The van der Waals surface area contributed by atoms with Gasteiger partial charge in [-0.2, -0.15) is 0 Å². The van der Waals surface area contributed by atoms with E-state index in [-0.39, 0.29) is 6.04 Å². The number of aldehydes is 1. The maximum absolute atomic E-state index is 11.2. The number of nitrogens with zero attached hydrogens (tertiary/aromatic N) is 3. The zero-order valence-electron chi connectivity index (χ0n) is 11.0. The molecular formula is C13H16ClN3O. The minimum Gasteiger partial charge on any atom is -0.313 e. The van der Waals surface area contributed by atoms with Crippen molar-refractivity contribution in [1.29, 1.82) is 0 Å². The van der Waals surface area contributed by atoms with Crippen molar-refractivity contribution in [3.05, 3.63) is 22.2 Å². The Bertz CT molecular complexity index is 616. The number of aromatic nitrogens is 3. The number of rotatable bonds is 3. The molecule has 96 valence electrons. The van der Waals surface area contributed by atoms with Crippen molar-refractivity contribution >= 4 is 28.9 Å². The van der Waals surface area contributed by atoms with Crippen LogP contribution in [0.3, 0.4) is 0 Å². The van der Waals surface area contributed by atoms with Gasteiger partial charge in [0.2, 0.25) is 0 Å². The molecule has 4 nitrogen and oxygen atoms in total. The smallest absolute Gasteiger partial charge is 0.153 e. The zero-order chi connectivity index (χ0) is 13.4. The molecule has 18 heavy (non-hydrogen) atoms.